The van der Waals surface area contributed by atoms with Gasteiger partial charge in [-0.25, -0.2) is 9.59 Å². The average molecular weight is 437 g/mol. The number of cyclic esters (lactones) is 1. The highest BCUT2D eigenvalue weighted by Gasteiger charge is 2.33. The number of aryl methyl sites for hydroxylation is 1. The molecule has 3 aromatic rings. The van der Waals surface area contributed by atoms with Gasteiger partial charge in [-0.15, -0.1) is 0 Å². The van der Waals surface area contributed by atoms with E-state index in [1.54, 1.807) is 18.0 Å². The molecule has 0 spiro atoms. The van der Waals surface area contributed by atoms with Crippen molar-refractivity contribution in [2.45, 2.75) is 32.3 Å². The van der Waals surface area contributed by atoms with Crippen LogP contribution < -0.4 is 10.2 Å². The highest BCUT2D eigenvalue weighted by molar-refractivity contribution is 5.90. The highest BCUT2D eigenvalue weighted by Crippen LogP contribution is 2.38. The lowest BCUT2D eigenvalue weighted by Crippen LogP contribution is -2.35. The molecule has 0 radical (unpaired) electrons. The molecule has 1 aliphatic heterocycles. The molecular weight excluding hydrogens is 414 g/mol. The van der Waals surface area contributed by atoms with E-state index < -0.39 is 18.3 Å². The quantitative estimate of drug-likeness (QED) is 0.628. The van der Waals surface area contributed by atoms with Crippen LogP contribution in [0.5, 0.6) is 0 Å². The predicted molar refractivity (Wildman–Crippen MR) is 114 cm³/mol. The minimum atomic E-state index is -0.522. The van der Waals surface area contributed by atoms with Crippen molar-refractivity contribution in [3.63, 3.8) is 0 Å². The van der Waals surface area contributed by atoms with Gasteiger partial charge in [-0.3, -0.25) is 10.00 Å². The zero-order valence-corrected chi connectivity index (χ0v) is 17.6. The maximum Gasteiger partial charge on any atom is 0.414 e. The number of amides is 2. The van der Waals surface area contributed by atoms with Crippen LogP contribution >= 0.6 is 0 Å². The summed E-state index contributed by atoms with van der Waals surface area (Å²) >= 11 is 0. The lowest BCUT2D eigenvalue weighted by molar-refractivity contribution is 0.127. The summed E-state index contributed by atoms with van der Waals surface area (Å²) < 4.78 is 15.6. The second-order valence-corrected chi connectivity index (χ2v) is 7.72. The first-order chi connectivity index (χ1) is 15.6. The number of nitrogens with zero attached hydrogens (tertiary/aromatic N) is 3. The smallest absolute Gasteiger partial charge is 0.414 e. The van der Waals surface area contributed by atoms with Crippen LogP contribution in [0.25, 0.3) is 22.7 Å². The fourth-order valence-electron chi connectivity index (χ4n) is 4.24. The molecule has 1 atom stereocenters. The Labute approximate surface area is 183 Å². The van der Waals surface area contributed by atoms with Crippen LogP contribution in [-0.2, 0) is 22.3 Å². The summed E-state index contributed by atoms with van der Waals surface area (Å²) in [6, 6.07) is 7.74. The van der Waals surface area contributed by atoms with Gasteiger partial charge < -0.3 is 19.3 Å². The van der Waals surface area contributed by atoms with E-state index >= 15 is 0 Å². The number of hydrogen-bond acceptors (Lipinski definition) is 7. The Morgan fingerprint density at radius 2 is 2.25 bits per heavy atom. The summed E-state index contributed by atoms with van der Waals surface area (Å²) in [6.07, 6.45) is 2.90. The first-order valence-electron chi connectivity index (χ1n) is 10.6. The Hall–Kier alpha value is -3.82. The molecule has 1 saturated heterocycles. The Kier molecular flexibility index (Phi) is 5.26. The van der Waals surface area contributed by atoms with Gasteiger partial charge in [0.1, 0.15) is 11.8 Å². The molecule has 10 nitrogen and oxygen atoms in total. The number of fused-ring (bicyclic) bond motifs is 3. The first-order valence-corrected chi connectivity index (χ1v) is 10.6. The molecule has 1 aromatic carbocycles. The molecule has 2 aromatic heterocycles. The van der Waals surface area contributed by atoms with Crippen molar-refractivity contribution in [3.05, 3.63) is 41.6 Å². The fraction of sp³-hybridized carbons (Fsp3) is 0.364. The van der Waals surface area contributed by atoms with Gasteiger partial charge in [0.2, 0.25) is 0 Å². The van der Waals surface area contributed by atoms with Gasteiger partial charge in [0, 0.05) is 22.9 Å². The molecule has 0 unspecified atom stereocenters. The molecule has 2 amide bonds. The average Bonchev–Trinajstić information content (AvgIpc) is 3.50. The number of benzene rings is 1. The van der Waals surface area contributed by atoms with E-state index in [1.807, 2.05) is 24.3 Å². The Morgan fingerprint density at radius 3 is 3.06 bits per heavy atom. The van der Waals surface area contributed by atoms with Crippen LogP contribution in [0.15, 0.2) is 35.0 Å². The van der Waals surface area contributed by atoms with Crippen LogP contribution in [0.3, 0.4) is 0 Å². The lowest BCUT2D eigenvalue weighted by Gasteiger charge is -2.16. The van der Waals surface area contributed by atoms with Gasteiger partial charge in [0.15, 0.2) is 5.76 Å². The van der Waals surface area contributed by atoms with E-state index in [-0.39, 0.29) is 13.2 Å². The van der Waals surface area contributed by atoms with Crippen molar-refractivity contribution < 1.29 is 23.6 Å². The third kappa shape index (κ3) is 3.68. The molecule has 1 fully saturated rings. The minimum absolute atomic E-state index is 0.201. The number of nitrogens with one attached hydrogen (secondary N) is 2. The minimum Gasteiger partial charge on any atom is -0.450 e. The van der Waals surface area contributed by atoms with Gasteiger partial charge in [-0.05, 0) is 43.9 Å². The van der Waals surface area contributed by atoms with Crippen molar-refractivity contribution in [2.75, 3.05) is 24.6 Å². The van der Waals surface area contributed by atoms with E-state index in [0.29, 0.717) is 12.3 Å². The number of ether oxygens (including phenoxy) is 2. The van der Waals surface area contributed by atoms with Gasteiger partial charge in [0.05, 0.1) is 31.6 Å². The van der Waals surface area contributed by atoms with E-state index in [0.717, 1.165) is 53.0 Å². The standard InChI is InChI=1S/C22H23N5O5/c1-2-30-21(28)23-11-15-12-27(22(29)31-15)14-6-7-16-13(10-14)4-3-5-17-19(16)25-26-20(17)18-8-9-24-32-18/h6-10,15H,2-5,11-12H2,1H3,(H,23,28)(H,25,26)/t15-/m0/s1. The summed E-state index contributed by atoms with van der Waals surface area (Å²) in [5.74, 6) is 0.668. The van der Waals surface area contributed by atoms with Crippen molar-refractivity contribution >= 4 is 17.9 Å². The maximum atomic E-state index is 12.5. The third-order valence-electron chi connectivity index (χ3n) is 5.70. The lowest BCUT2D eigenvalue weighted by atomic mass is 10.0. The summed E-state index contributed by atoms with van der Waals surface area (Å²) in [7, 11) is 0. The van der Waals surface area contributed by atoms with E-state index in [2.05, 4.69) is 20.7 Å². The second kappa shape index (κ2) is 8.37. The number of aromatic nitrogens is 3. The zero-order valence-electron chi connectivity index (χ0n) is 17.6. The summed E-state index contributed by atoms with van der Waals surface area (Å²) in [5.41, 5.74) is 5.79. The van der Waals surface area contributed by atoms with E-state index in [9.17, 15) is 9.59 Å². The number of alkyl carbamates (subject to hydrolysis) is 1. The number of rotatable bonds is 5. The topological polar surface area (TPSA) is 123 Å². The second-order valence-electron chi connectivity index (χ2n) is 7.72. The molecule has 2 aliphatic rings. The Morgan fingerprint density at radius 1 is 1.34 bits per heavy atom. The Balaban J connectivity index is 1.36. The van der Waals surface area contributed by atoms with Crippen LogP contribution in [0.2, 0.25) is 0 Å². The summed E-state index contributed by atoms with van der Waals surface area (Å²) in [4.78, 5) is 25.5. The molecular formula is C22H23N5O5. The van der Waals surface area contributed by atoms with Gasteiger partial charge in [-0.2, -0.15) is 5.10 Å². The molecule has 10 heteroatoms. The van der Waals surface area contributed by atoms with Gasteiger partial charge in [0.25, 0.3) is 0 Å². The number of H-pyrrole nitrogens is 1. The number of hydrogen-bond donors (Lipinski definition) is 2. The molecule has 0 saturated carbocycles. The Bertz CT molecular complexity index is 1140. The first kappa shape index (κ1) is 20.1. The van der Waals surface area contributed by atoms with Crippen molar-refractivity contribution in [2.24, 2.45) is 0 Å². The molecule has 3 heterocycles. The van der Waals surface area contributed by atoms with Crippen LogP contribution in [0.4, 0.5) is 15.3 Å². The zero-order chi connectivity index (χ0) is 22.1. The van der Waals surface area contributed by atoms with E-state index in [1.165, 1.54) is 0 Å². The molecule has 5 rings (SSSR count). The largest absolute Gasteiger partial charge is 0.450 e. The normalized spacial score (nSPS) is 17.3. The van der Waals surface area contributed by atoms with E-state index in [4.69, 9.17) is 14.0 Å². The predicted octanol–water partition coefficient (Wildman–Crippen LogP) is 3.29. The monoisotopic (exact) mass is 437 g/mol. The number of carbonyl (C=O) groups excluding carboxylic acids is 2. The van der Waals surface area contributed by atoms with Crippen LogP contribution in [0.1, 0.15) is 24.5 Å². The highest BCUT2D eigenvalue weighted by atomic mass is 16.6. The SMILES string of the molecule is CCOC(=O)NC[C@H]1CN(c2ccc3c(c2)CCCc2c-3n[nH]c2-c2ccno2)C(=O)O1. The molecule has 0 bridgehead atoms. The van der Waals surface area contributed by atoms with Crippen LogP contribution in [0, 0.1) is 0 Å². The molecule has 32 heavy (non-hydrogen) atoms. The van der Waals surface area contributed by atoms with Crippen LogP contribution in [-0.4, -0.2) is 53.3 Å². The van der Waals surface area contributed by atoms with Crippen molar-refractivity contribution in [1.29, 1.82) is 0 Å². The number of aromatic amines is 1. The van der Waals surface area contributed by atoms with Crippen molar-refractivity contribution in [1.82, 2.24) is 20.7 Å². The number of anilines is 1. The fourth-order valence-corrected chi connectivity index (χ4v) is 4.24. The molecule has 1 aliphatic carbocycles. The number of carbonyl (C=O) groups is 2. The van der Waals surface area contributed by atoms with Gasteiger partial charge in [-0.1, -0.05) is 11.2 Å². The summed E-state index contributed by atoms with van der Waals surface area (Å²) in [6.45, 7) is 2.58. The molecule has 166 valence electrons. The third-order valence-corrected chi connectivity index (χ3v) is 5.70. The van der Waals surface area contributed by atoms with Crippen molar-refractivity contribution in [3.8, 4) is 22.7 Å². The molecule has 2 N–H and O–H groups in total. The summed E-state index contributed by atoms with van der Waals surface area (Å²) in [5, 5.41) is 14.0. The maximum absolute atomic E-state index is 12.5. The van der Waals surface area contributed by atoms with Gasteiger partial charge >= 0.3 is 12.2 Å².